The molecule has 2 rings (SSSR count). The van der Waals surface area contributed by atoms with Crippen molar-refractivity contribution in [2.75, 3.05) is 0 Å². The van der Waals surface area contributed by atoms with Gasteiger partial charge in [-0.25, -0.2) is 0 Å². The van der Waals surface area contributed by atoms with Crippen molar-refractivity contribution in [2.24, 2.45) is 0 Å². The number of halogens is 1. The minimum atomic E-state index is -0.159. The van der Waals surface area contributed by atoms with Crippen LogP contribution in [0.25, 0.3) is 6.08 Å². The van der Waals surface area contributed by atoms with Crippen LogP contribution >= 0.6 is 39.9 Å². The number of nitrogens with zero attached hydrogens (tertiary/aromatic N) is 2. The maximum Gasteiger partial charge on any atom is 0.263 e. The number of carbonyl (C=O) groups is 1. The molecule has 0 saturated carbocycles. The molecule has 0 bridgehead atoms. The van der Waals surface area contributed by atoms with Crippen LogP contribution in [0.4, 0.5) is 0 Å². The summed E-state index contributed by atoms with van der Waals surface area (Å²) in [5, 5.41) is 6.87. The summed E-state index contributed by atoms with van der Waals surface area (Å²) >= 11 is 9.56. The maximum atomic E-state index is 11.4. The molecule has 1 aliphatic heterocycles. The molecule has 84 valence electrons. The average Bonchev–Trinajstić information content (AvgIpc) is 2.72. The smallest absolute Gasteiger partial charge is 0.263 e. The summed E-state index contributed by atoms with van der Waals surface area (Å²) in [4.78, 5) is 12.0. The molecule has 4 nitrogen and oxygen atoms in total. The number of aromatic nitrogens is 2. The zero-order valence-electron chi connectivity index (χ0n) is 8.36. The topological polar surface area (TPSA) is 46.9 Å². The van der Waals surface area contributed by atoms with Crippen molar-refractivity contribution in [2.45, 2.75) is 13.5 Å². The molecule has 0 radical (unpaired) electrons. The fraction of sp³-hybridized carbons (Fsp3) is 0.222. The lowest BCUT2D eigenvalue weighted by Gasteiger charge is -1.91. The van der Waals surface area contributed by atoms with Gasteiger partial charge >= 0.3 is 0 Å². The fourth-order valence-electron chi connectivity index (χ4n) is 1.22. The first-order chi connectivity index (χ1) is 7.60. The molecule has 1 aromatic heterocycles. The van der Waals surface area contributed by atoms with E-state index in [1.165, 1.54) is 11.8 Å². The molecule has 0 aliphatic carbocycles. The van der Waals surface area contributed by atoms with E-state index < -0.39 is 0 Å². The molecule has 2 heterocycles. The van der Waals surface area contributed by atoms with Crippen molar-refractivity contribution in [3.63, 3.8) is 0 Å². The molecule has 1 aromatic rings. The first-order valence-corrected chi connectivity index (χ1v) is 6.59. The van der Waals surface area contributed by atoms with Gasteiger partial charge in [-0.1, -0.05) is 24.0 Å². The SMILES string of the molecule is CCn1cc(Br)c(/C=C2\SC(=S)NC2=O)n1. The Bertz CT molecular complexity index is 495. The quantitative estimate of drug-likeness (QED) is 0.670. The Balaban J connectivity index is 2.32. The second-order valence-electron chi connectivity index (χ2n) is 3.07. The van der Waals surface area contributed by atoms with Crippen molar-refractivity contribution in [1.82, 2.24) is 15.1 Å². The number of carbonyl (C=O) groups excluding carboxylic acids is 1. The minimum Gasteiger partial charge on any atom is -0.307 e. The molecule has 1 N–H and O–H groups in total. The van der Waals surface area contributed by atoms with Crippen LogP contribution in [-0.4, -0.2) is 20.0 Å². The van der Waals surface area contributed by atoms with Crippen LogP contribution in [0.2, 0.25) is 0 Å². The lowest BCUT2D eigenvalue weighted by molar-refractivity contribution is -0.115. The van der Waals surface area contributed by atoms with Crippen LogP contribution in [0.1, 0.15) is 12.6 Å². The fourth-order valence-corrected chi connectivity index (χ4v) is 2.67. The number of thiocarbonyl (C=S) groups is 1. The molecule has 1 amide bonds. The van der Waals surface area contributed by atoms with E-state index in [2.05, 4.69) is 26.3 Å². The van der Waals surface area contributed by atoms with E-state index in [0.717, 1.165) is 16.7 Å². The molecule has 1 fully saturated rings. The number of aryl methyl sites for hydroxylation is 1. The van der Waals surface area contributed by atoms with E-state index >= 15 is 0 Å². The Hall–Kier alpha value is -0.660. The van der Waals surface area contributed by atoms with E-state index in [9.17, 15) is 4.79 Å². The minimum absolute atomic E-state index is 0.159. The molecular formula is C9H8BrN3OS2. The molecular weight excluding hydrogens is 310 g/mol. The van der Waals surface area contributed by atoms with Gasteiger partial charge < -0.3 is 5.32 Å². The Labute approximate surface area is 111 Å². The van der Waals surface area contributed by atoms with Gasteiger partial charge in [-0.3, -0.25) is 9.48 Å². The molecule has 0 spiro atoms. The highest BCUT2D eigenvalue weighted by Gasteiger charge is 2.22. The van der Waals surface area contributed by atoms with Gasteiger partial charge in [-0.05, 0) is 28.9 Å². The normalized spacial score (nSPS) is 18.2. The highest BCUT2D eigenvalue weighted by atomic mass is 79.9. The van der Waals surface area contributed by atoms with Gasteiger partial charge in [0.15, 0.2) is 0 Å². The van der Waals surface area contributed by atoms with Crippen LogP contribution < -0.4 is 5.32 Å². The molecule has 0 aromatic carbocycles. The van der Waals surface area contributed by atoms with Crippen molar-refractivity contribution in [3.8, 4) is 0 Å². The van der Waals surface area contributed by atoms with E-state index in [0.29, 0.717) is 9.23 Å². The monoisotopic (exact) mass is 317 g/mol. The number of rotatable bonds is 2. The van der Waals surface area contributed by atoms with Crippen molar-refractivity contribution in [3.05, 3.63) is 21.3 Å². The number of thioether (sulfide) groups is 1. The standard InChI is InChI=1S/C9H8BrN3OS2/c1-2-13-4-5(10)6(12-13)3-7-8(14)11-9(15)16-7/h3-4H,2H2,1H3,(H,11,14,15)/b7-3-. The van der Waals surface area contributed by atoms with Gasteiger partial charge in [0.1, 0.15) is 10.0 Å². The summed E-state index contributed by atoms with van der Waals surface area (Å²) in [7, 11) is 0. The predicted molar refractivity (Wildman–Crippen MR) is 71.9 cm³/mol. The molecule has 1 saturated heterocycles. The van der Waals surface area contributed by atoms with Gasteiger partial charge in [0, 0.05) is 12.7 Å². The zero-order chi connectivity index (χ0) is 11.7. The Morgan fingerprint density at radius 3 is 3.00 bits per heavy atom. The second kappa shape index (κ2) is 4.68. The van der Waals surface area contributed by atoms with Gasteiger partial charge in [-0.15, -0.1) is 0 Å². The summed E-state index contributed by atoms with van der Waals surface area (Å²) < 4.78 is 3.15. The first-order valence-electron chi connectivity index (χ1n) is 4.58. The van der Waals surface area contributed by atoms with Crippen molar-refractivity contribution < 1.29 is 4.79 Å². The number of hydrogen-bond donors (Lipinski definition) is 1. The van der Waals surface area contributed by atoms with Gasteiger partial charge in [-0.2, -0.15) is 5.10 Å². The maximum absolute atomic E-state index is 11.4. The highest BCUT2D eigenvalue weighted by Crippen LogP contribution is 2.27. The molecule has 1 aliphatic rings. The number of nitrogens with one attached hydrogen (secondary N) is 1. The van der Waals surface area contributed by atoms with E-state index in [1.54, 1.807) is 10.8 Å². The highest BCUT2D eigenvalue weighted by molar-refractivity contribution is 9.10. The van der Waals surface area contributed by atoms with E-state index in [-0.39, 0.29) is 5.91 Å². The summed E-state index contributed by atoms with van der Waals surface area (Å²) in [6.07, 6.45) is 3.61. The third-order valence-electron chi connectivity index (χ3n) is 1.98. The summed E-state index contributed by atoms with van der Waals surface area (Å²) in [5.74, 6) is -0.159. The number of hydrogen-bond acceptors (Lipinski definition) is 4. The molecule has 0 atom stereocenters. The van der Waals surface area contributed by atoms with Gasteiger partial charge in [0.05, 0.1) is 9.38 Å². The third-order valence-corrected chi connectivity index (χ3v) is 3.75. The first kappa shape index (κ1) is 11.8. The van der Waals surface area contributed by atoms with Crippen LogP contribution in [-0.2, 0) is 11.3 Å². The molecule has 0 unspecified atom stereocenters. The van der Waals surface area contributed by atoms with Crippen LogP contribution in [0.5, 0.6) is 0 Å². The van der Waals surface area contributed by atoms with Gasteiger partial charge in [0.25, 0.3) is 5.91 Å². The Kier molecular flexibility index (Phi) is 3.46. The van der Waals surface area contributed by atoms with Crippen LogP contribution in [0.15, 0.2) is 15.6 Å². The lowest BCUT2D eigenvalue weighted by Crippen LogP contribution is -2.17. The third kappa shape index (κ3) is 2.36. The van der Waals surface area contributed by atoms with Crippen molar-refractivity contribution in [1.29, 1.82) is 0 Å². The summed E-state index contributed by atoms with van der Waals surface area (Å²) in [6.45, 7) is 2.79. The predicted octanol–water partition coefficient (Wildman–Crippen LogP) is 2.15. The van der Waals surface area contributed by atoms with E-state index in [4.69, 9.17) is 12.2 Å². The Morgan fingerprint density at radius 2 is 2.50 bits per heavy atom. The van der Waals surface area contributed by atoms with Crippen molar-refractivity contribution >= 4 is 56.2 Å². The number of amides is 1. The summed E-state index contributed by atoms with van der Waals surface area (Å²) in [5.41, 5.74) is 0.740. The van der Waals surface area contributed by atoms with Crippen LogP contribution in [0.3, 0.4) is 0 Å². The second-order valence-corrected chi connectivity index (χ2v) is 5.64. The molecule has 16 heavy (non-hydrogen) atoms. The lowest BCUT2D eigenvalue weighted by atomic mass is 10.3. The van der Waals surface area contributed by atoms with Gasteiger partial charge in [0.2, 0.25) is 0 Å². The largest absolute Gasteiger partial charge is 0.307 e. The average molecular weight is 318 g/mol. The van der Waals surface area contributed by atoms with E-state index in [1.807, 2.05) is 13.1 Å². The Morgan fingerprint density at radius 1 is 1.75 bits per heavy atom. The zero-order valence-corrected chi connectivity index (χ0v) is 11.6. The van der Waals surface area contributed by atoms with Crippen LogP contribution in [0, 0.1) is 0 Å². The summed E-state index contributed by atoms with van der Waals surface area (Å²) in [6, 6.07) is 0. The molecule has 7 heteroatoms.